The Bertz CT molecular complexity index is 377. The minimum absolute atomic E-state index is 0.503. The first-order valence-electron chi connectivity index (χ1n) is 4.17. The number of nitro groups is 1. The third kappa shape index (κ3) is 3.21. The van der Waals surface area contributed by atoms with Crippen LogP contribution in [0, 0.1) is 10.1 Å². The summed E-state index contributed by atoms with van der Waals surface area (Å²) in [4.78, 5) is 20.8. The van der Waals surface area contributed by atoms with Gasteiger partial charge in [-0.3, -0.25) is 14.9 Å². The Kier molecular flexibility index (Phi) is 3.62. The van der Waals surface area contributed by atoms with Crippen LogP contribution >= 0.6 is 11.6 Å². The third-order valence-electron chi connectivity index (χ3n) is 1.95. The van der Waals surface area contributed by atoms with Crippen molar-refractivity contribution in [2.24, 2.45) is 5.73 Å². The lowest BCUT2D eigenvalue weighted by Crippen LogP contribution is -2.27. The van der Waals surface area contributed by atoms with Crippen LogP contribution in [0.5, 0.6) is 0 Å². The number of nitrogens with zero attached hydrogens (tertiary/aromatic N) is 1. The molecule has 0 saturated heterocycles. The number of nitrogens with two attached hydrogens (primary N) is 1. The lowest BCUT2D eigenvalue weighted by molar-refractivity contribution is -0.481. The van der Waals surface area contributed by atoms with Gasteiger partial charge < -0.3 is 5.73 Å². The Morgan fingerprint density at radius 1 is 1.47 bits per heavy atom. The van der Waals surface area contributed by atoms with Crippen molar-refractivity contribution in [3.63, 3.8) is 0 Å². The molecule has 0 radical (unpaired) electrons. The van der Waals surface area contributed by atoms with Gasteiger partial charge in [0.25, 0.3) is 0 Å². The quantitative estimate of drug-likeness (QED) is 0.620. The molecule has 1 aromatic carbocycles. The van der Waals surface area contributed by atoms with Crippen LogP contribution in [0.3, 0.4) is 0 Å². The maximum Gasteiger partial charge on any atom is 0.231 e. The van der Waals surface area contributed by atoms with E-state index in [1.54, 1.807) is 24.3 Å². The van der Waals surface area contributed by atoms with E-state index in [-0.39, 0.29) is 0 Å². The number of primary amides is 1. The van der Waals surface area contributed by atoms with Crippen molar-refractivity contribution in [1.29, 1.82) is 0 Å². The Hall–Kier alpha value is -1.62. The zero-order valence-corrected chi connectivity index (χ0v) is 8.48. The van der Waals surface area contributed by atoms with Crippen molar-refractivity contribution in [2.75, 3.05) is 6.54 Å². The highest BCUT2D eigenvalue weighted by Gasteiger charge is 2.23. The van der Waals surface area contributed by atoms with E-state index in [0.29, 0.717) is 10.6 Å². The monoisotopic (exact) mass is 228 g/mol. The van der Waals surface area contributed by atoms with Crippen molar-refractivity contribution in [1.82, 2.24) is 0 Å². The lowest BCUT2D eigenvalue weighted by Gasteiger charge is -2.08. The molecule has 0 heterocycles. The molecule has 0 spiro atoms. The molecule has 0 aromatic heterocycles. The number of hydrogen-bond acceptors (Lipinski definition) is 3. The molecular weight excluding hydrogens is 220 g/mol. The molecule has 80 valence electrons. The fraction of sp³-hybridized carbons (Fsp3) is 0.222. The highest BCUT2D eigenvalue weighted by Crippen LogP contribution is 2.18. The predicted octanol–water partition coefficient (Wildman–Crippen LogP) is 1.19. The molecule has 0 aliphatic rings. The van der Waals surface area contributed by atoms with E-state index in [0.717, 1.165) is 0 Å². The van der Waals surface area contributed by atoms with E-state index < -0.39 is 23.3 Å². The molecule has 1 aromatic rings. The summed E-state index contributed by atoms with van der Waals surface area (Å²) in [6.07, 6.45) is 0. The summed E-state index contributed by atoms with van der Waals surface area (Å²) in [6, 6.07) is 6.24. The van der Waals surface area contributed by atoms with Crippen molar-refractivity contribution >= 4 is 17.5 Å². The second kappa shape index (κ2) is 4.75. The Balaban J connectivity index is 2.94. The van der Waals surface area contributed by atoms with Crippen LogP contribution in [-0.2, 0) is 4.79 Å². The zero-order chi connectivity index (χ0) is 11.4. The number of carbonyl (C=O) groups excluding carboxylic acids is 1. The first kappa shape index (κ1) is 11.5. The maximum absolute atomic E-state index is 11.0. The fourth-order valence-corrected chi connectivity index (χ4v) is 1.33. The second-order valence-electron chi connectivity index (χ2n) is 3.02. The summed E-state index contributed by atoms with van der Waals surface area (Å²) in [7, 11) is 0. The first-order valence-corrected chi connectivity index (χ1v) is 4.55. The topological polar surface area (TPSA) is 86.2 Å². The maximum atomic E-state index is 11.0. The van der Waals surface area contributed by atoms with Crippen LogP contribution < -0.4 is 5.73 Å². The number of amides is 1. The number of rotatable bonds is 4. The van der Waals surface area contributed by atoms with Crippen LogP contribution in [0.1, 0.15) is 11.5 Å². The number of halogens is 1. The molecule has 2 N–H and O–H groups in total. The van der Waals surface area contributed by atoms with E-state index in [1.165, 1.54) is 0 Å². The van der Waals surface area contributed by atoms with Gasteiger partial charge in [0.15, 0.2) is 0 Å². The Labute approximate surface area is 91.0 Å². The molecule has 0 fully saturated rings. The molecule has 0 saturated carbocycles. The molecule has 15 heavy (non-hydrogen) atoms. The molecule has 1 rings (SSSR count). The zero-order valence-electron chi connectivity index (χ0n) is 7.72. The van der Waals surface area contributed by atoms with Crippen LogP contribution in [0.15, 0.2) is 24.3 Å². The van der Waals surface area contributed by atoms with Gasteiger partial charge in [0.2, 0.25) is 12.5 Å². The van der Waals surface area contributed by atoms with Gasteiger partial charge in [0, 0.05) is 9.95 Å². The van der Waals surface area contributed by atoms with Crippen molar-refractivity contribution in [3.05, 3.63) is 45.0 Å². The summed E-state index contributed by atoms with van der Waals surface area (Å²) in [5.41, 5.74) is 5.58. The summed E-state index contributed by atoms with van der Waals surface area (Å²) in [5, 5.41) is 10.8. The molecule has 6 heteroatoms. The molecule has 0 aliphatic carbocycles. The van der Waals surface area contributed by atoms with E-state index >= 15 is 0 Å². The van der Waals surface area contributed by atoms with Crippen molar-refractivity contribution in [3.8, 4) is 0 Å². The average Bonchev–Trinajstić information content (AvgIpc) is 2.15. The molecule has 0 unspecified atom stereocenters. The minimum Gasteiger partial charge on any atom is -0.369 e. The van der Waals surface area contributed by atoms with Gasteiger partial charge in [-0.25, -0.2) is 0 Å². The highest BCUT2D eigenvalue weighted by atomic mass is 35.5. The normalized spacial score (nSPS) is 12.1. The SMILES string of the molecule is NC(=O)[C@H](C[N+](=O)[O-])c1ccc(Cl)cc1. The smallest absolute Gasteiger partial charge is 0.231 e. The van der Waals surface area contributed by atoms with Gasteiger partial charge in [-0.15, -0.1) is 0 Å². The number of carbonyl (C=O) groups is 1. The molecule has 1 atom stereocenters. The van der Waals surface area contributed by atoms with Crippen LogP contribution in [0.4, 0.5) is 0 Å². The molecule has 0 bridgehead atoms. The molecular formula is C9H9ClN2O3. The van der Waals surface area contributed by atoms with Gasteiger partial charge in [-0.2, -0.15) is 0 Å². The van der Waals surface area contributed by atoms with Crippen LogP contribution in [0.25, 0.3) is 0 Å². The summed E-state index contributed by atoms with van der Waals surface area (Å²) in [6.45, 7) is -0.503. The predicted molar refractivity (Wildman–Crippen MR) is 55.2 cm³/mol. The second-order valence-corrected chi connectivity index (χ2v) is 3.46. The van der Waals surface area contributed by atoms with Gasteiger partial charge in [-0.1, -0.05) is 23.7 Å². The average molecular weight is 229 g/mol. The van der Waals surface area contributed by atoms with E-state index in [2.05, 4.69) is 0 Å². The van der Waals surface area contributed by atoms with Gasteiger partial charge in [0.1, 0.15) is 5.92 Å². The van der Waals surface area contributed by atoms with E-state index in [4.69, 9.17) is 17.3 Å². The number of benzene rings is 1. The first-order chi connectivity index (χ1) is 7.00. The lowest BCUT2D eigenvalue weighted by atomic mass is 9.99. The van der Waals surface area contributed by atoms with Crippen LogP contribution in [0.2, 0.25) is 5.02 Å². The largest absolute Gasteiger partial charge is 0.369 e. The highest BCUT2D eigenvalue weighted by molar-refractivity contribution is 6.30. The standard InChI is InChI=1S/C9H9ClN2O3/c10-7-3-1-6(2-4-7)8(9(11)13)5-12(14)15/h1-4,8H,5H2,(H2,11,13)/t8-/m1/s1. The summed E-state index contributed by atoms with van der Waals surface area (Å²) >= 11 is 5.65. The van der Waals surface area contributed by atoms with Gasteiger partial charge >= 0.3 is 0 Å². The van der Waals surface area contributed by atoms with Gasteiger partial charge in [-0.05, 0) is 17.7 Å². The number of hydrogen-bond donors (Lipinski definition) is 1. The van der Waals surface area contributed by atoms with Crippen molar-refractivity contribution < 1.29 is 9.72 Å². The summed E-state index contributed by atoms with van der Waals surface area (Å²) < 4.78 is 0. The molecule has 0 aliphatic heterocycles. The van der Waals surface area contributed by atoms with Crippen molar-refractivity contribution in [2.45, 2.75) is 5.92 Å². The fourth-order valence-electron chi connectivity index (χ4n) is 1.20. The molecule has 5 nitrogen and oxygen atoms in total. The third-order valence-corrected chi connectivity index (χ3v) is 2.20. The molecule has 1 amide bonds. The summed E-state index contributed by atoms with van der Waals surface area (Å²) in [5.74, 6) is -1.62. The van der Waals surface area contributed by atoms with E-state index in [9.17, 15) is 14.9 Å². The Morgan fingerprint density at radius 3 is 2.40 bits per heavy atom. The Morgan fingerprint density at radius 2 is 2.00 bits per heavy atom. The minimum atomic E-state index is -0.905. The van der Waals surface area contributed by atoms with Crippen LogP contribution in [-0.4, -0.2) is 17.4 Å². The van der Waals surface area contributed by atoms with E-state index in [1.807, 2.05) is 0 Å². The van der Waals surface area contributed by atoms with Gasteiger partial charge in [0.05, 0.1) is 0 Å².